The van der Waals surface area contributed by atoms with Gasteiger partial charge in [-0.1, -0.05) is 31.4 Å². The first-order valence-corrected chi connectivity index (χ1v) is 8.20. The Hall–Kier alpha value is -2.06. The fourth-order valence-electron chi connectivity index (χ4n) is 3.89. The van der Waals surface area contributed by atoms with E-state index in [1.807, 2.05) is 13.0 Å². The largest absolute Gasteiger partial charge is 0.329 e. The first-order chi connectivity index (χ1) is 11.0. The maximum atomic E-state index is 13.1. The molecule has 1 aromatic carbocycles. The normalized spacial score (nSPS) is 26.7. The lowest BCUT2D eigenvalue weighted by Gasteiger charge is -2.28. The van der Waals surface area contributed by atoms with E-state index in [1.165, 1.54) is 4.90 Å². The van der Waals surface area contributed by atoms with Gasteiger partial charge in [-0.3, -0.25) is 4.79 Å². The zero-order valence-electron chi connectivity index (χ0n) is 13.1. The maximum absolute atomic E-state index is 13.1. The Morgan fingerprint density at radius 1 is 1.48 bits per heavy atom. The zero-order valence-corrected chi connectivity index (χ0v) is 13.9. The molecule has 3 rings (SSSR count). The van der Waals surface area contributed by atoms with E-state index in [-0.39, 0.29) is 16.8 Å². The number of carbonyl (C=O) groups excluding carboxylic acids is 2. The first kappa shape index (κ1) is 15.8. The van der Waals surface area contributed by atoms with Crippen LogP contribution in [0.25, 0.3) is 0 Å². The van der Waals surface area contributed by atoms with E-state index < -0.39 is 11.6 Å². The average Bonchev–Trinajstić information content (AvgIpc) is 3.05. The second-order valence-corrected chi connectivity index (χ2v) is 6.60. The zero-order chi connectivity index (χ0) is 16.8. The number of hydrogen-bond acceptors (Lipinski definition) is 3. The number of nitrogens with zero attached hydrogens (tertiary/aromatic N) is 2. The number of rotatable bonds is 2. The van der Waals surface area contributed by atoms with E-state index >= 15 is 0 Å². The van der Waals surface area contributed by atoms with E-state index in [1.54, 1.807) is 19.1 Å². The predicted molar refractivity (Wildman–Crippen MR) is 87.3 cm³/mol. The molecule has 2 aliphatic rings. The number of hydrogen-bond donors (Lipinski definition) is 1. The van der Waals surface area contributed by atoms with E-state index in [4.69, 9.17) is 16.9 Å². The van der Waals surface area contributed by atoms with Crippen molar-refractivity contribution in [1.29, 1.82) is 5.26 Å². The fourth-order valence-corrected chi connectivity index (χ4v) is 4.09. The van der Waals surface area contributed by atoms with Gasteiger partial charge in [0.2, 0.25) is 0 Å². The molecule has 120 valence electrons. The number of amides is 3. The van der Waals surface area contributed by atoms with Gasteiger partial charge < -0.3 is 5.32 Å². The molecule has 23 heavy (non-hydrogen) atoms. The quantitative estimate of drug-likeness (QED) is 0.842. The topological polar surface area (TPSA) is 73.2 Å². The molecule has 0 aromatic heterocycles. The summed E-state index contributed by atoms with van der Waals surface area (Å²) in [5.74, 6) is -0.0335. The number of imide groups is 1. The number of benzene rings is 1. The Balaban J connectivity index is 2.06. The van der Waals surface area contributed by atoms with Crippen molar-refractivity contribution in [2.75, 3.05) is 4.90 Å². The number of anilines is 1. The minimum atomic E-state index is -0.779. The molecule has 6 heteroatoms. The molecule has 1 aromatic rings. The molecule has 1 aliphatic heterocycles. The highest BCUT2D eigenvalue weighted by molar-refractivity contribution is 6.33. The van der Waals surface area contributed by atoms with Gasteiger partial charge in [0.1, 0.15) is 11.6 Å². The molecule has 2 atom stereocenters. The van der Waals surface area contributed by atoms with Crippen molar-refractivity contribution in [3.05, 3.63) is 28.3 Å². The third-order valence-electron chi connectivity index (χ3n) is 5.15. The van der Waals surface area contributed by atoms with Crippen LogP contribution in [-0.2, 0) is 4.79 Å². The number of nitriles is 1. The summed E-state index contributed by atoms with van der Waals surface area (Å²) >= 11 is 6.19. The number of carbonyl (C=O) groups is 2. The summed E-state index contributed by atoms with van der Waals surface area (Å²) in [4.78, 5) is 26.8. The second-order valence-electron chi connectivity index (χ2n) is 6.22. The van der Waals surface area contributed by atoms with E-state index in [9.17, 15) is 9.59 Å². The summed E-state index contributed by atoms with van der Waals surface area (Å²) in [6.07, 6.45) is 3.41. The molecule has 1 saturated carbocycles. The van der Waals surface area contributed by atoms with E-state index in [0.717, 1.165) is 19.3 Å². The van der Waals surface area contributed by atoms with Crippen LogP contribution in [0.15, 0.2) is 12.1 Å². The summed E-state index contributed by atoms with van der Waals surface area (Å²) in [5.41, 5.74) is 0.577. The molecule has 0 radical (unpaired) electrons. The third kappa shape index (κ3) is 2.13. The molecule has 1 heterocycles. The van der Waals surface area contributed by atoms with Crippen molar-refractivity contribution in [3.63, 3.8) is 0 Å². The Morgan fingerprint density at radius 2 is 2.22 bits per heavy atom. The smallest absolute Gasteiger partial charge is 0.322 e. The standard InChI is InChI=1S/C17H18ClN3O2/c1-3-12-5-4-8-17(12)15(22)21(16(23)20-17)13-7-6-11(9-19)14(18)10(13)2/h6-7,12H,3-5,8H2,1-2H3,(H,20,23). The fraction of sp³-hybridized carbons (Fsp3) is 0.471. The molecule has 3 amide bonds. The van der Waals surface area contributed by atoms with Crippen molar-refractivity contribution in [2.24, 2.45) is 5.92 Å². The van der Waals surface area contributed by atoms with Gasteiger partial charge in [0, 0.05) is 0 Å². The Morgan fingerprint density at radius 3 is 2.87 bits per heavy atom. The van der Waals surface area contributed by atoms with Crippen LogP contribution in [0.3, 0.4) is 0 Å². The first-order valence-electron chi connectivity index (χ1n) is 7.82. The lowest BCUT2D eigenvalue weighted by Crippen LogP contribution is -2.49. The van der Waals surface area contributed by atoms with Gasteiger partial charge in [-0.15, -0.1) is 0 Å². The van der Waals surface area contributed by atoms with Crippen LogP contribution in [-0.4, -0.2) is 17.5 Å². The van der Waals surface area contributed by atoms with Crippen molar-refractivity contribution in [2.45, 2.75) is 45.1 Å². The minimum Gasteiger partial charge on any atom is -0.322 e. The Labute approximate surface area is 140 Å². The van der Waals surface area contributed by atoms with Crippen LogP contribution in [0.5, 0.6) is 0 Å². The van der Waals surface area contributed by atoms with Crippen LogP contribution >= 0.6 is 11.6 Å². The van der Waals surface area contributed by atoms with Crippen LogP contribution in [0.4, 0.5) is 10.5 Å². The molecule has 2 unspecified atom stereocenters. The maximum Gasteiger partial charge on any atom is 0.329 e. The highest BCUT2D eigenvalue weighted by Gasteiger charge is 2.57. The molecule has 0 bridgehead atoms. The molecule has 1 saturated heterocycles. The monoisotopic (exact) mass is 331 g/mol. The van der Waals surface area contributed by atoms with Gasteiger partial charge in [0.15, 0.2) is 0 Å². The van der Waals surface area contributed by atoms with Crippen LogP contribution in [0.2, 0.25) is 5.02 Å². The van der Waals surface area contributed by atoms with Gasteiger partial charge in [-0.05, 0) is 43.4 Å². The molecular weight excluding hydrogens is 314 g/mol. The Bertz CT molecular complexity index is 740. The summed E-state index contributed by atoms with van der Waals surface area (Å²) in [7, 11) is 0. The highest BCUT2D eigenvalue weighted by Crippen LogP contribution is 2.44. The molecule has 1 aliphatic carbocycles. The van der Waals surface area contributed by atoms with Gasteiger partial charge in [0.25, 0.3) is 5.91 Å². The molecule has 5 nitrogen and oxygen atoms in total. The van der Waals surface area contributed by atoms with Crippen molar-refractivity contribution < 1.29 is 9.59 Å². The Kier molecular flexibility index (Phi) is 3.81. The summed E-state index contributed by atoms with van der Waals surface area (Å²) < 4.78 is 0. The molecule has 2 fully saturated rings. The number of halogens is 1. The number of nitrogens with one attached hydrogen (secondary N) is 1. The van der Waals surface area contributed by atoms with Crippen molar-refractivity contribution in [1.82, 2.24) is 5.32 Å². The third-order valence-corrected chi connectivity index (χ3v) is 5.64. The summed E-state index contributed by atoms with van der Waals surface area (Å²) in [6, 6.07) is 4.76. The van der Waals surface area contributed by atoms with E-state index in [2.05, 4.69) is 5.32 Å². The molecule has 1 N–H and O–H groups in total. The lowest BCUT2D eigenvalue weighted by molar-refractivity contribution is -0.123. The van der Waals surface area contributed by atoms with Gasteiger partial charge in [0.05, 0.1) is 16.3 Å². The van der Waals surface area contributed by atoms with E-state index in [0.29, 0.717) is 23.2 Å². The SMILES string of the molecule is CCC1CCCC12NC(=O)N(c1ccc(C#N)c(Cl)c1C)C2=O. The van der Waals surface area contributed by atoms with Crippen LogP contribution in [0.1, 0.15) is 43.7 Å². The summed E-state index contributed by atoms with van der Waals surface area (Å²) in [6.45, 7) is 3.76. The minimum absolute atomic E-state index is 0.165. The average molecular weight is 332 g/mol. The van der Waals surface area contributed by atoms with Crippen LogP contribution in [0, 0.1) is 24.2 Å². The van der Waals surface area contributed by atoms with Crippen molar-refractivity contribution in [3.8, 4) is 6.07 Å². The lowest BCUT2D eigenvalue weighted by atomic mass is 9.85. The highest BCUT2D eigenvalue weighted by atomic mass is 35.5. The molecular formula is C17H18ClN3O2. The van der Waals surface area contributed by atoms with Crippen molar-refractivity contribution >= 4 is 29.2 Å². The van der Waals surface area contributed by atoms with Gasteiger partial charge in [-0.2, -0.15) is 5.26 Å². The van der Waals surface area contributed by atoms with Gasteiger partial charge in [-0.25, -0.2) is 9.69 Å². The van der Waals surface area contributed by atoms with Gasteiger partial charge >= 0.3 is 6.03 Å². The van der Waals surface area contributed by atoms with Crippen LogP contribution < -0.4 is 10.2 Å². The molecule has 1 spiro atoms. The predicted octanol–water partition coefficient (Wildman–Crippen LogP) is 3.53. The second kappa shape index (κ2) is 5.54. The summed E-state index contributed by atoms with van der Waals surface area (Å²) in [5, 5.41) is 12.3. The number of urea groups is 1.